The molecule has 5 heteroatoms. The maximum Gasteiger partial charge on any atom is 0.122 e. The summed E-state index contributed by atoms with van der Waals surface area (Å²) in [4.78, 5) is 0. The fourth-order valence-electron chi connectivity index (χ4n) is 3.18. The minimum Gasteiger partial charge on any atom is -0.493 e. The van der Waals surface area contributed by atoms with E-state index < -0.39 is 0 Å². The number of nitrogens with zero attached hydrogens (tertiary/aromatic N) is 2. The second-order valence-electron chi connectivity index (χ2n) is 5.24. The van der Waals surface area contributed by atoms with E-state index in [9.17, 15) is 0 Å². The number of para-hydroxylation sites is 1. The molecule has 3 rings (SSSR count). The van der Waals surface area contributed by atoms with Crippen molar-refractivity contribution in [1.29, 1.82) is 0 Å². The third kappa shape index (κ3) is 2.54. The SMILES string of the molecule is CCn1ncc(Cl)c1C(NC)C1CCOc2ccccc21. The van der Waals surface area contributed by atoms with E-state index in [1.165, 1.54) is 5.56 Å². The Morgan fingerprint density at radius 2 is 2.29 bits per heavy atom. The lowest BCUT2D eigenvalue weighted by molar-refractivity contribution is 0.245. The molecule has 2 unspecified atom stereocenters. The number of halogens is 1. The van der Waals surface area contributed by atoms with Crippen LogP contribution in [0.1, 0.15) is 36.6 Å². The van der Waals surface area contributed by atoms with Crippen LogP contribution in [-0.4, -0.2) is 23.4 Å². The van der Waals surface area contributed by atoms with E-state index in [0.717, 1.165) is 36.0 Å². The van der Waals surface area contributed by atoms with Gasteiger partial charge in [-0.1, -0.05) is 29.8 Å². The molecule has 0 fully saturated rings. The van der Waals surface area contributed by atoms with Gasteiger partial charge in [0, 0.05) is 12.5 Å². The summed E-state index contributed by atoms with van der Waals surface area (Å²) in [5.41, 5.74) is 2.30. The highest BCUT2D eigenvalue weighted by Crippen LogP contribution is 2.42. The molecule has 2 aromatic rings. The van der Waals surface area contributed by atoms with Crippen LogP contribution in [-0.2, 0) is 6.54 Å². The monoisotopic (exact) mass is 305 g/mol. The van der Waals surface area contributed by atoms with Gasteiger partial charge in [0.25, 0.3) is 0 Å². The van der Waals surface area contributed by atoms with Gasteiger partial charge in [0.05, 0.1) is 29.6 Å². The molecular formula is C16H20ClN3O. The zero-order valence-corrected chi connectivity index (χ0v) is 13.1. The zero-order valence-electron chi connectivity index (χ0n) is 12.3. The van der Waals surface area contributed by atoms with Crippen LogP contribution in [0.5, 0.6) is 5.75 Å². The van der Waals surface area contributed by atoms with Crippen LogP contribution in [0, 0.1) is 0 Å². The Hall–Kier alpha value is -1.52. The molecule has 0 saturated heterocycles. The molecule has 0 spiro atoms. The van der Waals surface area contributed by atoms with Crippen molar-refractivity contribution in [3.63, 3.8) is 0 Å². The van der Waals surface area contributed by atoms with Crippen LogP contribution in [0.2, 0.25) is 5.02 Å². The highest BCUT2D eigenvalue weighted by atomic mass is 35.5. The van der Waals surface area contributed by atoms with Crippen molar-refractivity contribution >= 4 is 11.6 Å². The van der Waals surface area contributed by atoms with Gasteiger partial charge in [-0.05, 0) is 32.0 Å². The third-order valence-corrected chi connectivity index (χ3v) is 4.44. The molecule has 0 amide bonds. The minimum atomic E-state index is 0.130. The average Bonchev–Trinajstić information content (AvgIpc) is 2.90. The molecule has 0 bridgehead atoms. The Balaban J connectivity index is 2.03. The molecule has 112 valence electrons. The van der Waals surface area contributed by atoms with Crippen molar-refractivity contribution in [1.82, 2.24) is 15.1 Å². The maximum atomic E-state index is 6.39. The first-order chi connectivity index (χ1) is 10.3. The molecule has 0 saturated carbocycles. The summed E-state index contributed by atoms with van der Waals surface area (Å²) in [6.07, 6.45) is 2.70. The number of aryl methyl sites for hydroxylation is 1. The highest BCUT2D eigenvalue weighted by molar-refractivity contribution is 6.31. The predicted molar refractivity (Wildman–Crippen MR) is 84.0 cm³/mol. The van der Waals surface area contributed by atoms with Gasteiger partial charge in [-0.3, -0.25) is 4.68 Å². The Bertz CT molecular complexity index is 626. The maximum absolute atomic E-state index is 6.39. The lowest BCUT2D eigenvalue weighted by Crippen LogP contribution is -2.30. The molecule has 1 aliphatic heterocycles. The Morgan fingerprint density at radius 1 is 1.48 bits per heavy atom. The number of likely N-dealkylation sites (N-methyl/N-ethyl adjacent to an activating group) is 1. The molecule has 2 atom stereocenters. The van der Waals surface area contributed by atoms with Crippen molar-refractivity contribution in [3.05, 3.63) is 46.7 Å². The van der Waals surface area contributed by atoms with Gasteiger partial charge in [0.15, 0.2) is 0 Å². The summed E-state index contributed by atoms with van der Waals surface area (Å²) in [5.74, 6) is 1.31. The number of rotatable bonds is 4. The van der Waals surface area contributed by atoms with E-state index in [2.05, 4.69) is 29.5 Å². The van der Waals surface area contributed by atoms with Crippen molar-refractivity contribution in [2.75, 3.05) is 13.7 Å². The van der Waals surface area contributed by atoms with Crippen LogP contribution >= 0.6 is 11.6 Å². The zero-order chi connectivity index (χ0) is 14.8. The number of aromatic nitrogens is 2. The number of benzene rings is 1. The molecule has 1 aromatic carbocycles. The predicted octanol–water partition coefficient (Wildman–Crippen LogP) is 3.38. The van der Waals surface area contributed by atoms with Crippen molar-refractivity contribution in [2.45, 2.75) is 31.8 Å². The summed E-state index contributed by atoms with van der Waals surface area (Å²) in [7, 11) is 1.98. The molecule has 4 nitrogen and oxygen atoms in total. The van der Waals surface area contributed by atoms with Crippen LogP contribution in [0.4, 0.5) is 0 Å². The Morgan fingerprint density at radius 3 is 3.05 bits per heavy atom. The number of fused-ring (bicyclic) bond motifs is 1. The fraction of sp³-hybridized carbons (Fsp3) is 0.438. The molecule has 21 heavy (non-hydrogen) atoms. The number of hydrogen-bond donors (Lipinski definition) is 1. The summed E-state index contributed by atoms with van der Waals surface area (Å²) in [6.45, 7) is 3.63. The van der Waals surface area contributed by atoms with Crippen LogP contribution in [0.3, 0.4) is 0 Å². The lowest BCUT2D eigenvalue weighted by Gasteiger charge is -2.32. The topological polar surface area (TPSA) is 39.1 Å². The van der Waals surface area contributed by atoms with E-state index in [1.807, 2.05) is 23.9 Å². The number of nitrogens with one attached hydrogen (secondary N) is 1. The molecular weight excluding hydrogens is 286 g/mol. The van der Waals surface area contributed by atoms with Crippen molar-refractivity contribution < 1.29 is 4.74 Å². The largest absolute Gasteiger partial charge is 0.493 e. The molecule has 0 radical (unpaired) electrons. The minimum absolute atomic E-state index is 0.130. The van der Waals surface area contributed by atoms with Crippen LogP contribution in [0.15, 0.2) is 30.5 Å². The van der Waals surface area contributed by atoms with Crippen molar-refractivity contribution in [3.8, 4) is 5.75 Å². The van der Waals surface area contributed by atoms with E-state index in [0.29, 0.717) is 5.92 Å². The van der Waals surface area contributed by atoms with Crippen LogP contribution < -0.4 is 10.1 Å². The summed E-state index contributed by atoms with van der Waals surface area (Å²) in [6, 6.07) is 8.38. The fourth-order valence-corrected chi connectivity index (χ4v) is 3.44. The average molecular weight is 306 g/mol. The molecule has 1 N–H and O–H groups in total. The lowest BCUT2D eigenvalue weighted by atomic mass is 9.85. The third-order valence-electron chi connectivity index (χ3n) is 4.15. The van der Waals surface area contributed by atoms with E-state index in [1.54, 1.807) is 6.20 Å². The van der Waals surface area contributed by atoms with Gasteiger partial charge < -0.3 is 10.1 Å². The van der Waals surface area contributed by atoms with Gasteiger partial charge >= 0.3 is 0 Å². The quantitative estimate of drug-likeness (QED) is 0.941. The van der Waals surface area contributed by atoms with E-state index in [-0.39, 0.29) is 6.04 Å². The normalized spacial score (nSPS) is 18.9. The second kappa shape index (κ2) is 6.08. The number of ether oxygens (including phenoxy) is 1. The number of hydrogen-bond acceptors (Lipinski definition) is 3. The van der Waals surface area contributed by atoms with E-state index >= 15 is 0 Å². The molecule has 1 aromatic heterocycles. The second-order valence-corrected chi connectivity index (χ2v) is 5.65. The molecule has 0 aliphatic carbocycles. The summed E-state index contributed by atoms with van der Waals surface area (Å²) < 4.78 is 7.74. The van der Waals surface area contributed by atoms with Gasteiger partial charge in [0.2, 0.25) is 0 Å². The Kier molecular flexibility index (Phi) is 4.17. The molecule has 2 heterocycles. The summed E-state index contributed by atoms with van der Waals surface area (Å²) in [5, 5.41) is 8.52. The first-order valence-electron chi connectivity index (χ1n) is 7.36. The molecule has 1 aliphatic rings. The van der Waals surface area contributed by atoms with Gasteiger partial charge in [-0.25, -0.2) is 0 Å². The summed E-state index contributed by atoms with van der Waals surface area (Å²) >= 11 is 6.39. The van der Waals surface area contributed by atoms with E-state index in [4.69, 9.17) is 16.3 Å². The van der Waals surface area contributed by atoms with Gasteiger partial charge in [-0.15, -0.1) is 0 Å². The van der Waals surface area contributed by atoms with Crippen LogP contribution in [0.25, 0.3) is 0 Å². The highest BCUT2D eigenvalue weighted by Gasteiger charge is 2.32. The first-order valence-corrected chi connectivity index (χ1v) is 7.74. The van der Waals surface area contributed by atoms with Gasteiger partial charge in [-0.2, -0.15) is 5.10 Å². The first kappa shape index (κ1) is 14.4. The Labute approximate surface area is 130 Å². The van der Waals surface area contributed by atoms with Gasteiger partial charge in [0.1, 0.15) is 5.75 Å². The van der Waals surface area contributed by atoms with Crippen molar-refractivity contribution in [2.24, 2.45) is 0 Å². The smallest absolute Gasteiger partial charge is 0.122 e. The standard InChI is InChI=1S/C16H20ClN3O/c1-3-20-16(13(17)10-19-20)15(18-2)12-8-9-21-14-7-5-4-6-11(12)14/h4-7,10,12,15,18H,3,8-9H2,1-2H3.